The highest BCUT2D eigenvalue weighted by molar-refractivity contribution is 7.14. The highest BCUT2D eigenvalue weighted by Crippen LogP contribution is 2.23. The lowest BCUT2D eigenvalue weighted by Gasteiger charge is -2.26. The number of nitrogens with one attached hydrogen (secondary N) is 1. The van der Waals surface area contributed by atoms with Crippen LogP contribution in [0.4, 0.5) is 0 Å². The molecule has 1 heterocycles. The average molecular weight is 269 g/mol. The monoisotopic (exact) mass is 269 g/mol. The van der Waals surface area contributed by atoms with Gasteiger partial charge in [-0.25, -0.2) is 5.84 Å². The fourth-order valence-electron chi connectivity index (χ4n) is 1.92. The Kier molecular flexibility index (Phi) is 5.78. The van der Waals surface area contributed by atoms with Gasteiger partial charge in [-0.3, -0.25) is 15.1 Å². The van der Waals surface area contributed by atoms with Gasteiger partial charge in [0.05, 0.1) is 4.88 Å². The Morgan fingerprint density at radius 3 is 2.72 bits per heavy atom. The molecule has 0 aromatic carbocycles. The van der Waals surface area contributed by atoms with E-state index < -0.39 is 0 Å². The summed E-state index contributed by atoms with van der Waals surface area (Å²) in [6.45, 7) is 10.6. The maximum Gasteiger partial charge on any atom is 0.275 e. The minimum atomic E-state index is -0.207. The molecular weight excluding hydrogens is 246 g/mol. The summed E-state index contributed by atoms with van der Waals surface area (Å²) in [4.78, 5) is 15.8. The number of carbonyl (C=O) groups excluding carboxylic acids is 1. The topological polar surface area (TPSA) is 58.4 Å². The number of nitrogens with two attached hydrogens (primary N) is 1. The molecule has 0 aliphatic carbocycles. The highest BCUT2D eigenvalue weighted by atomic mass is 32.1. The number of thiophene rings is 1. The molecule has 0 spiro atoms. The van der Waals surface area contributed by atoms with Crippen molar-refractivity contribution in [2.24, 2.45) is 5.84 Å². The molecular formula is C13H23N3OS. The molecule has 18 heavy (non-hydrogen) atoms. The Labute approximate surface area is 113 Å². The van der Waals surface area contributed by atoms with Crippen LogP contribution in [0.3, 0.4) is 0 Å². The predicted molar refractivity (Wildman–Crippen MR) is 76.5 cm³/mol. The summed E-state index contributed by atoms with van der Waals surface area (Å²) in [6, 6.07) is 2.51. The minimum Gasteiger partial charge on any atom is -0.297 e. The summed E-state index contributed by atoms with van der Waals surface area (Å²) >= 11 is 1.50. The van der Waals surface area contributed by atoms with Gasteiger partial charge in [-0.15, -0.1) is 11.3 Å². The van der Waals surface area contributed by atoms with Crippen molar-refractivity contribution in [1.82, 2.24) is 10.3 Å². The van der Waals surface area contributed by atoms with Crippen molar-refractivity contribution in [2.75, 3.05) is 6.54 Å². The third kappa shape index (κ3) is 3.54. The number of hydrogen-bond donors (Lipinski definition) is 2. The van der Waals surface area contributed by atoms with Crippen LogP contribution in [0.15, 0.2) is 6.07 Å². The lowest BCUT2D eigenvalue weighted by Crippen LogP contribution is -2.32. The second-order valence-corrected chi connectivity index (χ2v) is 5.74. The van der Waals surface area contributed by atoms with Crippen LogP contribution in [-0.2, 0) is 6.54 Å². The van der Waals surface area contributed by atoms with E-state index in [1.54, 1.807) is 0 Å². The Balaban J connectivity index is 2.83. The van der Waals surface area contributed by atoms with Crippen LogP contribution in [0.25, 0.3) is 0 Å². The first kappa shape index (κ1) is 15.1. The van der Waals surface area contributed by atoms with Crippen LogP contribution in [0.1, 0.15) is 47.3 Å². The Hall–Kier alpha value is -0.910. The molecule has 1 aromatic heterocycles. The Morgan fingerprint density at radius 1 is 1.56 bits per heavy atom. The largest absolute Gasteiger partial charge is 0.297 e. The molecule has 1 atom stereocenters. The van der Waals surface area contributed by atoms with E-state index in [1.807, 2.05) is 6.07 Å². The number of carbonyl (C=O) groups is 1. The second-order valence-electron chi connectivity index (χ2n) is 4.49. The Bertz CT molecular complexity index is 403. The van der Waals surface area contributed by atoms with Crippen molar-refractivity contribution in [2.45, 2.75) is 46.7 Å². The van der Waals surface area contributed by atoms with Gasteiger partial charge in [0.2, 0.25) is 0 Å². The number of nitrogen functional groups attached to an aromatic ring is 1. The van der Waals surface area contributed by atoms with E-state index in [4.69, 9.17) is 5.84 Å². The molecule has 5 heteroatoms. The third-order valence-corrected chi connectivity index (χ3v) is 4.46. The minimum absolute atomic E-state index is 0.207. The van der Waals surface area contributed by atoms with Gasteiger partial charge in [-0.1, -0.05) is 13.8 Å². The van der Waals surface area contributed by atoms with Crippen LogP contribution in [0.5, 0.6) is 0 Å². The molecule has 1 unspecified atom stereocenters. The third-order valence-electron chi connectivity index (χ3n) is 3.37. The normalized spacial score (nSPS) is 12.8. The standard InChI is InChI=1S/C13H23N3OS/c1-5-9(3)16(6-2)8-11-7-12(13(17)15-14)18-10(11)4/h7,9H,5-6,8,14H2,1-4H3,(H,15,17). The summed E-state index contributed by atoms with van der Waals surface area (Å²) in [5.41, 5.74) is 3.40. The van der Waals surface area contributed by atoms with Crippen molar-refractivity contribution >= 4 is 17.2 Å². The first-order valence-electron chi connectivity index (χ1n) is 6.37. The van der Waals surface area contributed by atoms with Crippen LogP contribution < -0.4 is 11.3 Å². The molecule has 102 valence electrons. The first-order chi connectivity index (χ1) is 8.53. The van der Waals surface area contributed by atoms with E-state index in [1.165, 1.54) is 21.8 Å². The summed E-state index contributed by atoms with van der Waals surface area (Å²) in [7, 11) is 0. The lowest BCUT2D eigenvalue weighted by atomic mass is 10.1. The fraction of sp³-hybridized carbons (Fsp3) is 0.615. The van der Waals surface area contributed by atoms with Crippen LogP contribution >= 0.6 is 11.3 Å². The first-order valence-corrected chi connectivity index (χ1v) is 7.19. The van der Waals surface area contributed by atoms with Gasteiger partial charge in [0.15, 0.2) is 0 Å². The molecule has 1 rings (SSSR count). The van der Waals surface area contributed by atoms with Gasteiger partial charge in [-0.2, -0.15) is 0 Å². The summed E-state index contributed by atoms with van der Waals surface area (Å²) in [5.74, 6) is 4.95. The zero-order valence-electron chi connectivity index (χ0n) is 11.6. The van der Waals surface area contributed by atoms with Gasteiger partial charge in [0.25, 0.3) is 5.91 Å². The molecule has 0 radical (unpaired) electrons. The van der Waals surface area contributed by atoms with Gasteiger partial charge < -0.3 is 0 Å². The number of rotatable bonds is 6. The predicted octanol–water partition coefficient (Wildman–Crippen LogP) is 2.28. The van der Waals surface area contributed by atoms with Crippen molar-refractivity contribution in [3.8, 4) is 0 Å². The van der Waals surface area contributed by atoms with Crippen molar-refractivity contribution in [1.29, 1.82) is 0 Å². The average Bonchev–Trinajstić information content (AvgIpc) is 2.75. The van der Waals surface area contributed by atoms with Crippen LogP contribution in [0.2, 0.25) is 0 Å². The summed E-state index contributed by atoms with van der Waals surface area (Å²) in [6.07, 6.45) is 1.13. The number of hydrogen-bond acceptors (Lipinski definition) is 4. The number of aryl methyl sites for hydroxylation is 1. The van der Waals surface area contributed by atoms with E-state index in [2.05, 4.69) is 38.0 Å². The van der Waals surface area contributed by atoms with Gasteiger partial charge in [0, 0.05) is 17.5 Å². The molecule has 0 fully saturated rings. The van der Waals surface area contributed by atoms with Gasteiger partial charge in [0.1, 0.15) is 0 Å². The van der Waals surface area contributed by atoms with Crippen molar-refractivity contribution in [3.05, 3.63) is 21.4 Å². The maximum absolute atomic E-state index is 11.5. The molecule has 4 nitrogen and oxygen atoms in total. The van der Waals surface area contributed by atoms with Gasteiger partial charge in [-0.05, 0) is 38.4 Å². The van der Waals surface area contributed by atoms with Crippen molar-refractivity contribution in [3.63, 3.8) is 0 Å². The number of amides is 1. The van der Waals surface area contributed by atoms with Crippen molar-refractivity contribution < 1.29 is 4.79 Å². The SMILES string of the molecule is CCC(C)N(CC)Cc1cc(C(=O)NN)sc1C. The zero-order valence-corrected chi connectivity index (χ0v) is 12.4. The smallest absolute Gasteiger partial charge is 0.275 e. The molecule has 0 aliphatic rings. The summed E-state index contributed by atoms with van der Waals surface area (Å²) in [5, 5.41) is 0. The second kappa shape index (κ2) is 6.87. The highest BCUT2D eigenvalue weighted by Gasteiger charge is 2.16. The lowest BCUT2D eigenvalue weighted by molar-refractivity contribution is 0.0957. The number of hydrazine groups is 1. The van der Waals surface area contributed by atoms with E-state index in [0.29, 0.717) is 10.9 Å². The molecule has 0 bridgehead atoms. The molecule has 0 saturated heterocycles. The molecule has 0 aliphatic heterocycles. The van der Waals surface area contributed by atoms with Gasteiger partial charge >= 0.3 is 0 Å². The van der Waals surface area contributed by atoms with E-state index >= 15 is 0 Å². The van der Waals surface area contributed by atoms with E-state index in [0.717, 1.165) is 19.5 Å². The zero-order chi connectivity index (χ0) is 13.7. The Morgan fingerprint density at radius 2 is 2.22 bits per heavy atom. The summed E-state index contributed by atoms with van der Waals surface area (Å²) < 4.78 is 0. The molecule has 3 N–H and O–H groups in total. The number of nitrogens with zero attached hydrogens (tertiary/aromatic N) is 1. The molecule has 1 amide bonds. The van der Waals surface area contributed by atoms with E-state index in [9.17, 15) is 4.79 Å². The van der Waals surface area contributed by atoms with E-state index in [-0.39, 0.29) is 5.91 Å². The fourth-order valence-corrected chi connectivity index (χ4v) is 2.85. The van der Waals surface area contributed by atoms with Crippen LogP contribution in [0, 0.1) is 6.92 Å². The quantitative estimate of drug-likeness (QED) is 0.473. The maximum atomic E-state index is 11.5. The van der Waals surface area contributed by atoms with Crippen LogP contribution in [-0.4, -0.2) is 23.4 Å². The molecule has 0 saturated carbocycles. The molecule has 1 aromatic rings.